The fraction of sp³-hybridized carbons (Fsp3) is 0.333. The van der Waals surface area contributed by atoms with Crippen LogP contribution in [0.5, 0.6) is 0 Å². The Morgan fingerprint density at radius 1 is 1.45 bits per heavy atom. The van der Waals surface area contributed by atoms with E-state index in [1.54, 1.807) is 17.9 Å². The fourth-order valence-corrected chi connectivity index (χ4v) is 2.28. The number of carboxylic acids is 1. The van der Waals surface area contributed by atoms with Crippen LogP contribution in [0, 0.1) is 6.92 Å². The minimum atomic E-state index is -1.03. The highest BCUT2D eigenvalue weighted by Crippen LogP contribution is 2.22. The van der Waals surface area contributed by atoms with E-state index in [-0.39, 0.29) is 5.69 Å². The number of aryl methyl sites for hydroxylation is 2. The lowest BCUT2D eigenvalue weighted by Gasteiger charge is -2.14. The molecular formula is C15H18N2O3. The van der Waals surface area contributed by atoms with Gasteiger partial charge < -0.3 is 9.84 Å². The Morgan fingerprint density at radius 3 is 2.80 bits per heavy atom. The molecule has 0 amide bonds. The molecule has 2 rings (SSSR count). The van der Waals surface area contributed by atoms with Gasteiger partial charge in [0.25, 0.3) is 0 Å². The van der Waals surface area contributed by atoms with Gasteiger partial charge in [-0.3, -0.25) is 0 Å². The molecule has 2 aromatic rings. The largest absolute Gasteiger partial charge is 0.476 e. The van der Waals surface area contributed by atoms with Gasteiger partial charge in [-0.15, -0.1) is 0 Å². The number of aromatic carboxylic acids is 1. The van der Waals surface area contributed by atoms with Gasteiger partial charge in [-0.2, -0.15) is 5.10 Å². The summed E-state index contributed by atoms with van der Waals surface area (Å²) in [5, 5.41) is 13.3. The Hall–Kier alpha value is -2.14. The Balaban J connectivity index is 2.65. The van der Waals surface area contributed by atoms with Crippen molar-refractivity contribution in [3.63, 3.8) is 0 Å². The zero-order valence-corrected chi connectivity index (χ0v) is 11.9. The van der Waals surface area contributed by atoms with Crippen LogP contribution in [0.15, 0.2) is 24.3 Å². The Bertz CT molecular complexity index is 632. The number of benzene rings is 1. The highest BCUT2D eigenvalue weighted by molar-refractivity contribution is 5.85. The third kappa shape index (κ3) is 2.58. The number of nitrogens with zero attached hydrogens (tertiary/aromatic N) is 2. The number of hydrogen-bond acceptors (Lipinski definition) is 3. The zero-order valence-electron chi connectivity index (χ0n) is 11.9. The van der Waals surface area contributed by atoms with Gasteiger partial charge in [0.1, 0.15) is 0 Å². The maximum atomic E-state index is 11.1. The number of hydrogen-bond donors (Lipinski definition) is 1. The second-order valence-corrected chi connectivity index (χ2v) is 4.61. The van der Waals surface area contributed by atoms with Crippen LogP contribution in [0.25, 0.3) is 5.69 Å². The molecule has 5 heteroatoms. The van der Waals surface area contributed by atoms with E-state index in [4.69, 9.17) is 9.84 Å². The first-order valence-corrected chi connectivity index (χ1v) is 6.48. The Labute approximate surface area is 117 Å². The number of methoxy groups -OCH3 is 1. The van der Waals surface area contributed by atoms with Crippen LogP contribution in [-0.4, -0.2) is 28.0 Å². The molecule has 20 heavy (non-hydrogen) atoms. The molecule has 0 spiro atoms. The molecule has 0 saturated carbocycles. The van der Waals surface area contributed by atoms with E-state index in [1.807, 2.05) is 25.1 Å². The summed E-state index contributed by atoms with van der Waals surface area (Å²) in [6.45, 7) is 4.38. The molecule has 1 aromatic carbocycles. The number of para-hydroxylation sites is 1. The van der Waals surface area contributed by atoms with Crippen LogP contribution >= 0.6 is 0 Å². The van der Waals surface area contributed by atoms with Crippen molar-refractivity contribution in [2.45, 2.75) is 26.9 Å². The molecule has 1 aromatic heterocycles. The molecule has 0 aliphatic rings. The van der Waals surface area contributed by atoms with Crippen molar-refractivity contribution in [1.29, 1.82) is 0 Å². The lowest BCUT2D eigenvalue weighted by Crippen LogP contribution is -2.09. The molecule has 0 aliphatic heterocycles. The smallest absolute Gasteiger partial charge is 0.356 e. The third-order valence-corrected chi connectivity index (χ3v) is 3.21. The molecule has 5 nitrogen and oxygen atoms in total. The van der Waals surface area contributed by atoms with Crippen LogP contribution < -0.4 is 0 Å². The Kier molecular flexibility index (Phi) is 4.20. The van der Waals surface area contributed by atoms with Gasteiger partial charge in [0.05, 0.1) is 18.0 Å². The first-order valence-electron chi connectivity index (χ1n) is 6.48. The van der Waals surface area contributed by atoms with E-state index in [2.05, 4.69) is 12.0 Å². The maximum Gasteiger partial charge on any atom is 0.356 e. The zero-order chi connectivity index (χ0) is 14.7. The average molecular weight is 274 g/mol. The van der Waals surface area contributed by atoms with E-state index < -0.39 is 5.97 Å². The van der Waals surface area contributed by atoms with E-state index in [1.165, 1.54) is 0 Å². The van der Waals surface area contributed by atoms with Gasteiger partial charge in [-0.05, 0) is 30.5 Å². The molecule has 0 fully saturated rings. The van der Waals surface area contributed by atoms with Crippen molar-refractivity contribution in [2.24, 2.45) is 0 Å². The Morgan fingerprint density at radius 2 is 2.20 bits per heavy atom. The molecule has 0 unspecified atom stereocenters. The molecule has 0 atom stereocenters. The van der Waals surface area contributed by atoms with Gasteiger partial charge in [-0.1, -0.05) is 25.1 Å². The van der Waals surface area contributed by atoms with Crippen LogP contribution in [0.3, 0.4) is 0 Å². The standard InChI is InChI=1S/C15H18N2O3/c1-4-11-7-5-6-10(2)14(11)17-12(9-20-3)8-13(16-17)15(18)19/h5-8H,4,9H2,1-3H3,(H,18,19). The second kappa shape index (κ2) is 5.88. The summed E-state index contributed by atoms with van der Waals surface area (Å²) in [6, 6.07) is 7.57. The first-order chi connectivity index (χ1) is 9.58. The highest BCUT2D eigenvalue weighted by atomic mass is 16.5. The van der Waals surface area contributed by atoms with E-state index in [9.17, 15) is 4.79 Å². The first kappa shape index (κ1) is 14.3. The van der Waals surface area contributed by atoms with Gasteiger partial charge in [0, 0.05) is 7.11 Å². The number of ether oxygens (including phenoxy) is 1. The minimum absolute atomic E-state index is 0.0300. The predicted molar refractivity (Wildman–Crippen MR) is 75.4 cm³/mol. The summed E-state index contributed by atoms with van der Waals surface area (Å²) >= 11 is 0. The van der Waals surface area contributed by atoms with E-state index in [0.717, 1.165) is 28.9 Å². The molecule has 0 bridgehead atoms. The number of carbonyl (C=O) groups is 1. The van der Waals surface area contributed by atoms with Gasteiger partial charge >= 0.3 is 5.97 Å². The van der Waals surface area contributed by atoms with Crippen LogP contribution in [-0.2, 0) is 17.8 Å². The predicted octanol–water partition coefficient (Wildman–Crippen LogP) is 2.59. The summed E-state index contributed by atoms with van der Waals surface area (Å²) in [4.78, 5) is 11.1. The molecule has 1 N–H and O–H groups in total. The molecular weight excluding hydrogens is 256 g/mol. The van der Waals surface area contributed by atoms with Crippen molar-refractivity contribution in [2.75, 3.05) is 7.11 Å². The highest BCUT2D eigenvalue weighted by Gasteiger charge is 2.17. The van der Waals surface area contributed by atoms with Crippen molar-refractivity contribution in [3.8, 4) is 5.69 Å². The van der Waals surface area contributed by atoms with Gasteiger partial charge in [0.15, 0.2) is 5.69 Å². The monoisotopic (exact) mass is 274 g/mol. The lowest BCUT2D eigenvalue weighted by atomic mass is 10.1. The quantitative estimate of drug-likeness (QED) is 0.910. The summed E-state index contributed by atoms with van der Waals surface area (Å²) < 4.78 is 6.82. The molecule has 106 valence electrons. The average Bonchev–Trinajstić information content (AvgIpc) is 2.83. The van der Waals surface area contributed by atoms with Crippen LogP contribution in [0.1, 0.15) is 34.2 Å². The topological polar surface area (TPSA) is 64.4 Å². The summed E-state index contributed by atoms with van der Waals surface area (Å²) in [6.07, 6.45) is 0.853. The summed E-state index contributed by atoms with van der Waals surface area (Å²) in [7, 11) is 1.58. The maximum absolute atomic E-state index is 11.1. The van der Waals surface area contributed by atoms with Crippen molar-refractivity contribution in [1.82, 2.24) is 9.78 Å². The van der Waals surface area contributed by atoms with Gasteiger partial charge in [0.2, 0.25) is 0 Å². The third-order valence-electron chi connectivity index (χ3n) is 3.21. The molecule has 0 aliphatic carbocycles. The fourth-order valence-electron chi connectivity index (χ4n) is 2.28. The number of rotatable bonds is 5. The summed E-state index contributed by atoms with van der Waals surface area (Å²) in [5.74, 6) is -1.03. The van der Waals surface area contributed by atoms with Crippen molar-refractivity contribution in [3.05, 3.63) is 46.8 Å². The number of carboxylic acid groups (broad SMARTS) is 1. The second-order valence-electron chi connectivity index (χ2n) is 4.61. The normalized spacial score (nSPS) is 10.8. The van der Waals surface area contributed by atoms with E-state index in [0.29, 0.717) is 6.61 Å². The van der Waals surface area contributed by atoms with Crippen molar-refractivity contribution < 1.29 is 14.6 Å². The van der Waals surface area contributed by atoms with Crippen molar-refractivity contribution >= 4 is 5.97 Å². The van der Waals surface area contributed by atoms with Crippen LogP contribution in [0.2, 0.25) is 0 Å². The lowest BCUT2D eigenvalue weighted by molar-refractivity contribution is 0.0690. The molecule has 0 radical (unpaired) electrons. The minimum Gasteiger partial charge on any atom is -0.476 e. The molecule has 1 heterocycles. The van der Waals surface area contributed by atoms with E-state index >= 15 is 0 Å². The number of aromatic nitrogens is 2. The molecule has 0 saturated heterocycles. The summed E-state index contributed by atoms with van der Waals surface area (Å²) in [5.41, 5.74) is 3.88. The SMILES string of the molecule is CCc1cccc(C)c1-n1nc(C(=O)O)cc1COC. The van der Waals surface area contributed by atoms with Crippen LogP contribution in [0.4, 0.5) is 0 Å². The van der Waals surface area contributed by atoms with Gasteiger partial charge in [-0.25, -0.2) is 9.48 Å².